The summed E-state index contributed by atoms with van der Waals surface area (Å²) in [6.45, 7) is 3.83. The third-order valence-corrected chi connectivity index (χ3v) is 2.76. The van der Waals surface area contributed by atoms with E-state index in [1.165, 1.54) is 6.07 Å². The van der Waals surface area contributed by atoms with Crippen molar-refractivity contribution in [3.63, 3.8) is 0 Å². The van der Waals surface area contributed by atoms with E-state index in [0.29, 0.717) is 12.2 Å². The minimum absolute atomic E-state index is 0.0157. The molecule has 4 nitrogen and oxygen atoms in total. The van der Waals surface area contributed by atoms with Crippen LogP contribution in [0.15, 0.2) is 24.4 Å². The largest absolute Gasteiger partial charge is 0.417 e. The number of rotatable bonds is 4. The molecule has 0 bridgehead atoms. The van der Waals surface area contributed by atoms with Crippen LogP contribution in [0.4, 0.5) is 19.0 Å². The van der Waals surface area contributed by atoms with Crippen LogP contribution in [0.2, 0.25) is 0 Å². The summed E-state index contributed by atoms with van der Waals surface area (Å²) in [5.41, 5.74) is 1.12. The summed E-state index contributed by atoms with van der Waals surface area (Å²) in [6, 6.07) is 4.29. The van der Waals surface area contributed by atoms with Crippen molar-refractivity contribution < 1.29 is 13.2 Å². The first-order valence-corrected chi connectivity index (χ1v) is 6.15. The molecule has 2 aromatic heterocycles. The molecular weight excluding hydrogens is 269 g/mol. The van der Waals surface area contributed by atoms with Crippen molar-refractivity contribution in [1.29, 1.82) is 0 Å². The molecule has 20 heavy (non-hydrogen) atoms. The predicted molar refractivity (Wildman–Crippen MR) is 69.4 cm³/mol. The van der Waals surface area contributed by atoms with E-state index in [2.05, 4.69) is 20.5 Å². The quantitative estimate of drug-likeness (QED) is 0.906. The van der Waals surface area contributed by atoms with Crippen LogP contribution in [0.3, 0.4) is 0 Å². The molecule has 2 heterocycles. The zero-order chi connectivity index (χ0) is 14.8. The van der Waals surface area contributed by atoms with Gasteiger partial charge in [-0.2, -0.15) is 18.3 Å². The Hall–Kier alpha value is -2.05. The first-order valence-electron chi connectivity index (χ1n) is 6.15. The zero-order valence-electron chi connectivity index (χ0n) is 11.1. The van der Waals surface area contributed by atoms with Crippen molar-refractivity contribution in [1.82, 2.24) is 15.2 Å². The molecule has 7 heteroatoms. The van der Waals surface area contributed by atoms with Gasteiger partial charge < -0.3 is 5.32 Å². The lowest BCUT2D eigenvalue weighted by atomic mass is 10.2. The van der Waals surface area contributed by atoms with Crippen LogP contribution in [-0.4, -0.2) is 21.2 Å². The highest BCUT2D eigenvalue weighted by Crippen LogP contribution is 2.28. The van der Waals surface area contributed by atoms with Crippen LogP contribution in [-0.2, 0) is 12.6 Å². The fourth-order valence-corrected chi connectivity index (χ4v) is 1.84. The summed E-state index contributed by atoms with van der Waals surface area (Å²) in [7, 11) is 0. The van der Waals surface area contributed by atoms with Crippen LogP contribution >= 0.6 is 0 Å². The Labute approximate surface area is 114 Å². The van der Waals surface area contributed by atoms with Gasteiger partial charge in [0.1, 0.15) is 5.82 Å². The minimum Gasteiger partial charge on any atom is -0.367 e. The average Bonchev–Trinajstić information content (AvgIpc) is 2.74. The molecule has 0 aromatic carbocycles. The smallest absolute Gasteiger partial charge is 0.367 e. The van der Waals surface area contributed by atoms with Gasteiger partial charge in [-0.3, -0.25) is 5.10 Å². The Morgan fingerprint density at radius 2 is 2.10 bits per heavy atom. The highest BCUT2D eigenvalue weighted by Gasteiger charge is 2.30. The van der Waals surface area contributed by atoms with Gasteiger partial charge >= 0.3 is 6.18 Å². The van der Waals surface area contributed by atoms with Crippen LogP contribution in [0, 0.1) is 6.92 Å². The lowest BCUT2D eigenvalue weighted by molar-refractivity contribution is -0.137. The van der Waals surface area contributed by atoms with Gasteiger partial charge in [-0.05, 0) is 32.0 Å². The molecule has 0 radical (unpaired) electrons. The normalized spacial score (nSPS) is 13.2. The highest BCUT2D eigenvalue weighted by atomic mass is 19.4. The SMILES string of the molecule is Cc1cc(C[C@@H](C)Nc2ccc(C(F)(F)F)cn2)n[nH]1. The number of nitrogens with one attached hydrogen (secondary N) is 2. The number of aromatic nitrogens is 3. The van der Waals surface area contributed by atoms with Crippen molar-refractivity contribution in [3.8, 4) is 0 Å². The van der Waals surface area contributed by atoms with Crippen molar-refractivity contribution >= 4 is 5.82 Å². The van der Waals surface area contributed by atoms with E-state index in [-0.39, 0.29) is 6.04 Å². The highest BCUT2D eigenvalue weighted by molar-refractivity contribution is 5.37. The van der Waals surface area contributed by atoms with E-state index >= 15 is 0 Å². The number of anilines is 1. The van der Waals surface area contributed by atoms with Gasteiger partial charge in [-0.15, -0.1) is 0 Å². The van der Waals surface area contributed by atoms with Gasteiger partial charge in [0.25, 0.3) is 0 Å². The second-order valence-electron chi connectivity index (χ2n) is 4.72. The summed E-state index contributed by atoms with van der Waals surface area (Å²) in [6.07, 6.45) is -2.87. The molecular formula is C13H15F3N4. The standard InChI is InChI=1S/C13H15F3N4/c1-8(5-11-6-9(2)19-20-11)18-12-4-3-10(7-17-12)13(14,15)16/h3-4,6-8H,5H2,1-2H3,(H,17,18)(H,19,20)/t8-/m1/s1. The number of nitrogens with zero attached hydrogens (tertiary/aromatic N) is 2. The van der Waals surface area contributed by atoms with Gasteiger partial charge in [0.05, 0.1) is 11.3 Å². The molecule has 2 aromatic rings. The molecule has 0 aliphatic heterocycles. The second-order valence-corrected chi connectivity index (χ2v) is 4.72. The number of aryl methyl sites for hydroxylation is 1. The van der Waals surface area contributed by atoms with Crippen LogP contribution < -0.4 is 5.32 Å². The first kappa shape index (κ1) is 14.4. The molecule has 1 atom stereocenters. The molecule has 0 aliphatic carbocycles. The number of aromatic amines is 1. The van der Waals surface area contributed by atoms with Crippen molar-refractivity contribution in [2.75, 3.05) is 5.32 Å². The second kappa shape index (κ2) is 5.52. The average molecular weight is 284 g/mol. The molecule has 0 amide bonds. The number of hydrogen-bond acceptors (Lipinski definition) is 3. The molecule has 0 saturated carbocycles. The summed E-state index contributed by atoms with van der Waals surface area (Å²) in [5.74, 6) is 0.415. The van der Waals surface area contributed by atoms with Gasteiger partial charge in [-0.1, -0.05) is 0 Å². The maximum atomic E-state index is 12.4. The third kappa shape index (κ3) is 3.72. The Bertz CT molecular complexity index is 560. The van der Waals surface area contributed by atoms with Gasteiger partial charge in [-0.25, -0.2) is 4.98 Å². The van der Waals surface area contributed by atoms with Gasteiger partial charge in [0.15, 0.2) is 0 Å². The Kier molecular flexibility index (Phi) is 3.96. The lowest BCUT2D eigenvalue weighted by Gasteiger charge is -2.14. The Morgan fingerprint density at radius 1 is 1.35 bits per heavy atom. The molecule has 2 N–H and O–H groups in total. The molecule has 0 aliphatic rings. The predicted octanol–water partition coefficient (Wildman–Crippen LogP) is 3.18. The molecule has 0 saturated heterocycles. The van der Waals surface area contributed by atoms with E-state index in [4.69, 9.17) is 0 Å². The van der Waals surface area contributed by atoms with Crippen LogP contribution in [0.5, 0.6) is 0 Å². The maximum Gasteiger partial charge on any atom is 0.417 e. The summed E-state index contributed by atoms with van der Waals surface area (Å²) in [4.78, 5) is 3.77. The number of hydrogen-bond donors (Lipinski definition) is 2. The monoisotopic (exact) mass is 284 g/mol. The Morgan fingerprint density at radius 3 is 2.60 bits per heavy atom. The van der Waals surface area contributed by atoms with E-state index in [1.54, 1.807) is 0 Å². The third-order valence-electron chi connectivity index (χ3n) is 2.76. The number of halogens is 3. The molecule has 0 fully saturated rings. The van der Waals surface area contributed by atoms with Crippen molar-refractivity contribution in [2.24, 2.45) is 0 Å². The summed E-state index contributed by atoms with van der Waals surface area (Å²) < 4.78 is 37.2. The van der Waals surface area contributed by atoms with Crippen molar-refractivity contribution in [3.05, 3.63) is 41.3 Å². The topological polar surface area (TPSA) is 53.6 Å². The number of H-pyrrole nitrogens is 1. The van der Waals surface area contributed by atoms with Crippen LogP contribution in [0.25, 0.3) is 0 Å². The maximum absolute atomic E-state index is 12.4. The van der Waals surface area contributed by atoms with Gasteiger partial charge in [0, 0.05) is 24.4 Å². The van der Waals surface area contributed by atoms with Gasteiger partial charge in [0.2, 0.25) is 0 Å². The fraction of sp³-hybridized carbons (Fsp3) is 0.385. The Balaban J connectivity index is 1.96. The lowest BCUT2D eigenvalue weighted by Crippen LogP contribution is -2.19. The zero-order valence-corrected chi connectivity index (χ0v) is 11.1. The molecule has 108 valence electrons. The molecule has 0 spiro atoms. The van der Waals surface area contributed by atoms with E-state index in [1.807, 2.05) is 19.9 Å². The first-order chi connectivity index (χ1) is 9.34. The van der Waals surface area contributed by atoms with Crippen LogP contribution in [0.1, 0.15) is 23.9 Å². The van der Waals surface area contributed by atoms with E-state index in [9.17, 15) is 13.2 Å². The molecule has 0 unspecified atom stereocenters. The molecule has 2 rings (SSSR count). The fourth-order valence-electron chi connectivity index (χ4n) is 1.84. The summed E-state index contributed by atoms with van der Waals surface area (Å²) in [5, 5.41) is 10.00. The van der Waals surface area contributed by atoms with Crippen molar-refractivity contribution in [2.45, 2.75) is 32.5 Å². The number of pyridine rings is 1. The minimum atomic E-state index is -4.36. The van der Waals surface area contributed by atoms with E-state index in [0.717, 1.165) is 23.7 Å². The summed E-state index contributed by atoms with van der Waals surface area (Å²) >= 11 is 0. The number of alkyl halides is 3. The van der Waals surface area contributed by atoms with E-state index < -0.39 is 11.7 Å².